The first-order valence-electron chi connectivity index (χ1n) is 12.2. The van der Waals surface area contributed by atoms with Crippen molar-refractivity contribution < 1.29 is 16.8 Å². The summed E-state index contributed by atoms with van der Waals surface area (Å²) in [6, 6.07) is 24.6. The predicted molar refractivity (Wildman–Crippen MR) is 147 cm³/mol. The van der Waals surface area contributed by atoms with Crippen molar-refractivity contribution in [3.63, 3.8) is 0 Å². The van der Waals surface area contributed by atoms with E-state index in [9.17, 15) is 16.8 Å². The molecule has 8 heteroatoms. The molecule has 0 saturated heterocycles. The van der Waals surface area contributed by atoms with Crippen LogP contribution in [0.2, 0.25) is 0 Å². The summed E-state index contributed by atoms with van der Waals surface area (Å²) in [7, 11) is -7.67. The van der Waals surface area contributed by atoms with Crippen molar-refractivity contribution in [1.82, 2.24) is 3.97 Å². The van der Waals surface area contributed by atoms with Crippen LogP contribution in [0.25, 0.3) is 21.8 Å². The maximum Gasteiger partial charge on any atom is 0.268 e. The topological polar surface area (TPSA) is 76.5 Å². The molecule has 1 aliphatic rings. The lowest BCUT2D eigenvalue weighted by atomic mass is 9.97. The molecule has 0 atom stereocenters. The number of sulfonamides is 1. The Balaban J connectivity index is 1.61. The molecule has 1 aliphatic heterocycles. The van der Waals surface area contributed by atoms with Gasteiger partial charge in [0, 0.05) is 17.3 Å². The van der Waals surface area contributed by atoms with Crippen LogP contribution in [0.4, 0.5) is 5.69 Å². The SMILES string of the molecule is Cc1ccc(S(=O)(=O)N2CCCc3c2ccc2c3c3ccccc3n2S(=O)(=O)c2ccc(C)cc2)cc1. The van der Waals surface area contributed by atoms with Crippen LogP contribution in [0.1, 0.15) is 23.1 Å². The van der Waals surface area contributed by atoms with Gasteiger partial charge in [-0.3, -0.25) is 4.31 Å². The van der Waals surface area contributed by atoms with E-state index in [0.29, 0.717) is 36.1 Å². The summed E-state index contributed by atoms with van der Waals surface area (Å²) in [6.07, 6.45) is 1.30. The summed E-state index contributed by atoms with van der Waals surface area (Å²) in [6.45, 7) is 4.21. The summed E-state index contributed by atoms with van der Waals surface area (Å²) >= 11 is 0. The van der Waals surface area contributed by atoms with Crippen LogP contribution in [-0.2, 0) is 26.5 Å². The van der Waals surface area contributed by atoms with E-state index in [2.05, 4.69) is 0 Å². The number of anilines is 1. The van der Waals surface area contributed by atoms with Crippen LogP contribution < -0.4 is 4.31 Å². The molecule has 0 saturated carbocycles. The van der Waals surface area contributed by atoms with Crippen LogP contribution >= 0.6 is 0 Å². The molecule has 6 rings (SSSR count). The highest BCUT2D eigenvalue weighted by molar-refractivity contribution is 7.92. The predicted octanol–water partition coefficient (Wildman–Crippen LogP) is 5.79. The fourth-order valence-corrected chi connectivity index (χ4v) is 8.31. The zero-order chi connectivity index (χ0) is 25.9. The van der Waals surface area contributed by atoms with E-state index in [1.807, 2.05) is 32.0 Å². The normalized spacial score (nSPS) is 14.3. The lowest BCUT2D eigenvalue weighted by molar-refractivity contribution is 0.586. The Morgan fingerprint density at radius 3 is 1.89 bits per heavy atom. The first kappa shape index (κ1) is 23.8. The second kappa shape index (κ2) is 8.46. The maximum atomic E-state index is 13.9. The Morgan fingerprint density at radius 1 is 0.649 bits per heavy atom. The van der Waals surface area contributed by atoms with Crippen LogP contribution in [0.15, 0.2) is 94.7 Å². The minimum absolute atomic E-state index is 0.210. The number of para-hydroxylation sites is 1. The summed E-state index contributed by atoms with van der Waals surface area (Å²) in [5.74, 6) is 0. The molecule has 5 aromatic rings. The summed E-state index contributed by atoms with van der Waals surface area (Å²) in [5, 5.41) is 1.58. The molecule has 2 heterocycles. The van der Waals surface area contributed by atoms with Crippen LogP contribution in [0.3, 0.4) is 0 Å². The molecule has 0 radical (unpaired) electrons. The van der Waals surface area contributed by atoms with Crippen molar-refractivity contribution >= 4 is 47.5 Å². The van der Waals surface area contributed by atoms with Crippen molar-refractivity contribution in [3.05, 3.63) is 102 Å². The van der Waals surface area contributed by atoms with Crippen molar-refractivity contribution in [1.29, 1.82) is 0 Å². The average Bonchev–Trinajstić information content (AvgIpc) is 3.24. The van der Waals surface area contributed by atoms with Crippen LogP contribution in [-0.4, -0.2) is 27.4 Å². The number of fused-ring (bicyclic) bond motifs is 5. The third kappa shape index (κ3) is 3.66. The molecule has 1 aromatic heterocycles. The molecule has 6 nitrogen and oxygen atoms in total. The number of benzene rings is 4. The lowest BCUT2D eigenvalue weighted by Crippen LogP contribution is -2.35. The first-order chi connectivity index (χ1) is 17.7. The second-order valence-corrected chi connectivity index (χ2v) is 13.2. The average molecular weight is 531 g/mol. The summed E-state index contributed by atoms with van der Waals surface area (Å²) in [5.41, 5.74) is 4.55. The van der Waals surface area contributed by atoms with Crippen molar-refractivity contribution in [2.45, 2.75) is 36.5 Å². The zero-order valence-electron chi connectivity index (χ0n) is 20.5. The molecule has 4 aromatic carbocycles. The van der Waals surface area contributed by atoms with E-state index < -0.39 is 20.0 Å². The fraction of sp³-hybridized carbons (Fsp3) is 0.172. The van der Waals surface area contributed by atoms with E-state index in [-0.39, 0.29) is 9.79 Å². The Labute approximate surface area is 216 Å². The molecule has 188 valence electrons. The molecular weight excluding hydrogens is 504 g/mol. The molecule has 0 unspecified atom stereocenters. The molecule has 0 amide bonds. The van der Waals surface area contributed by atoms with Gasteiger partial charge in [0.15, 0.2) is 0 Å². The van der Waals surface area contributed by atoms with Gasteiger partial charge in [-0.25, -0.2) is 20.8 Å². The minimum Gasteiger partial charge on any atom is -0.266 e. The fourth-order valence-electron chi connectivity index (χ4n) is 5.25. The minimum atomic E-state index is -3.90. The highest BCUT2D eigenvalue weighted by Crippen LogP contribution is 2.42. The van der Waals surface area contributed by atoms with Gasteiger partial charge in [-0.2, -0.15) is 0 Å². The van der Waals surface area contributed by atoms with Crippen molar-refractivity contribution in [2.75, 3.05) is 10.8 Å². The van der Waals surface area contributed by atoms with Crippen LogP contribution in [0.5, 0.6) is 0 Å². The van der Waals surface area contributed by atoms with Crippen LogP contribution in [0, 0.1) is 13.8 Å². The van der Waals surface area contributed by atoms with Gasteiger partial charge >= 0.3 is 0 Å². The maximum absolute atomic E-state index is 13.9. The third-order valence-corrected chi connectivity index (χ3v) is 10.7. The monoisotopic (exact) mass is 530 g/mol. The Morgan fingerprint density at radius 2 is 1.24 bits per heavy atom. The molecule has 0 bridgehead atoms. The van der Waals surface area contributed by atoms with Gasteiger partial charge < -0.3 is 0 Å². The lowest BCUT2D eigenvalue weighted by Gasteiger charge is -2.31. The van der Waals surface area contributed by atoms with Gasteiger partial charge in [-0.1, -0.05) is 53.6 Å². The van der Waals surface area contributed by atoms with Gasteiger partial charge in [0.25, 0.3) is 20.0 Å². The Kier molecular flexibility index (Phi) is 5.43. The largest absolute Gasteiger partial charge is 0.268 e. The zero-order valence-corrected chi connectivity index (χ0v) is 22.2. The molecule has 37 heavy (non-hydrogen) atoms. The number of hydrogen-bond donors (Lipinski definition) is 0. The van der Waals surface area contributed by atoms with Gasteiger partial charge in [0.05, 0.1) is 26.5 Å². The Bertz CT molecular complexity index is 1890. The van der Waals surface area contributed by atoms with Gasteiger partial charge in [0.2, 0.25) is 0 Å². The Hall–Kier alpha value is -3.62. The standard InChI is InChI=1S/C29H26N2O4S2/c1-20-9-13-22(14-10-20)36(32,33)30-19-5-7-24-26(30)17-18-28-29(24)25-6-3-4-8-27(25)31(28)37(34,35)23-15-11-21(2)12-16-23/h3-4,6,8-18H,5,7,19H2,1-2H3. The van der Waals surface area contributed by atoms with Gasteiger partial charge in [0.1, 0.15) is 0 Å². The van der Waals surface area contributed by atoms with E-state index in [4.69, 9.17) is 0 Å². The second-order valence-electron chi connectivity index (χ2n) is 9.55. The first-order valence-corrected chi connectivity index (χ1v) is 15.0. The number of hydrogen-bond acceptors (Lipinski definition) is 4. The summed E-state index contributed by atoms with van der Waals surface area (Å²) < 4.78 is 58.0. The van der Waals surface area contributed by atoms with E-state index in [1.165, 1.54) is 8.28 Å². The molecule has 0 spiro atoms. The summed E-state index contributed by atoms with van der Waals surface area (Å²) in [4.78, 5) is 0.456. The highest BCUT2D eigenvalue weighted by atomic mass is 32.2. The molecular formula is C29H26N2O4S2. The van der Waals surface area contributed by atoms with Gasteiger partial charge in [-0.05, 0) is 74.7 Å². The third-order valence-electron chi connectivity index (χ3n) is 7.10. The van der Waals surface area contributed by atoms with Gasteiger partial charge in [-0.15, -0.1) is 0 Å². The van der Waals surface area contributed by atoms with E-state index in [0.717, 1.165) is 27.5 Å². The number of aromatic nitrogens is 1. The molecule has 0 aliphatic carbocycles. The van der Waals surface area contributed by atoms with E-state index in [1.54, 1.807) is 66.7 Å². The smallest absolute Gasteiger partial charge is 0.266 e. The van der Waals surface area contributed by atoms with E-state index >= 15 is 0 Å². The van der Waals surface area contributed by atoms with Crippen molar-refractivity contribution in [3.8, 4) is 0 Å². The number of rotatable bonds is 4. The highest BCUT2D eigenvalue weighted by Gasteiger charge is 2.32. The van der Waals surface area contributed by atoms with Crippen molar-refractivity contribution in [2.24, 2.45) is 0 Å². The quantitative estimate of drug-likeness (QED) is 0.295. The molecule has 0 N–H and O–H groups in total. The number of aryl methyl sites for hydroxylation is 3. The number of nitrogens with zero attached hydrogens (tertiary/aromatic N) is 2. The molecule has 0 fully saturated rings.